The molecular weight excluding hydrogens is 322 g/mol. The van der Waals surface area contributed by atoms with E-state index in [1.54, 1.807) is 11.0 Å². The van der Waals surface area contributed by atoms with Crippen LogP contribution >= 0.6 is 11.8 Å². The number of amides is 2. The van der Waals surface area contributed by atoms with Gasteiger partial charge in [-0.15, -0.1) is 0 Å². The summed E-state index contributed by atoms with van der Waals surface area (Å²) in [5, 5.41) is 10.7. The fraction of sp³-hybridized carbons (Fsp3) is 0.471. The Labute approximate surface area is 146 Å². The molecule has 1 saturated carbocycles. The highest BCUT2D eigenvalue weighted by Crippen LogP contribution is 2.27. The molecule has 3 rings (SSSR count). The van der Waals surface area contributed by atoms with Gasteiger partial charge in [-0.3, -0.25) is 0 Å². The fourth-order valence-electron chi connectivity index (χ4n) is 3.10. The molecule has 24 heavy (non-hydrogen) atoms. The van der Waals surface area contributed by atoms with Crippen LogP contribution in [-0.2, 0) is 6.54 Å². The van der Waals surface area contributed by atoms with Gasteiger partial charge in [-0.2, -0.15) is 16.9 Å². The summed E-state index contributed by atoms with van der Waals surface area (Å²) < 4.78 is 1.70. The Morgan fingerprint density at radius 1 is 1.38 bits per heavy atom. The zero-order valence-electron chi connectivity index (χ0n) is 13.8. The molecule has 7 heteroatoms. The molecule has 2 aromatic rings. The van der Waals surface area contributed by atoms with Crippen molar-refractivity contribution >= 4 is 17.8 Å². The van der Waals surface area contributed by atoms with E-state index in [4.69, 9.17) is 0 Å². The van der Waals surface area contributed by atoms with Crippen molar-refractivity contribution in [1.29, 1.82) is 0 Å². The van der Waals surface area contributed by atoms with Crippen LogP contribution in [0.4, 0.5) is 4.79 Å². The Morgan fingerprint density at radius 3 is 3.04 bits per heavy atom. The highest BCUT2D eigenvalue weighted by Gasteiger charge is 2.25. The number of urea groups is 1. The Kier molecular flexibility index (Phi) is 5.74. The first-order valence-corrected chi connectivity index (χ1v) is 9.56. The van der Waals surface area contributed by atoms with Crippen LogP contribution in [0, 0.1) is 0 Å². The topological polar surface area (TPSA) is 71.8 Å². The van der Waals surface area contributed by atoms with Crippen molar-refractivity contribution in [2.24, 2.45) is 0 Å². The van der Waals surface area contributed by atoms with Gasteiger partial charge in [0.05, 0.1) is 5.69 Å². The SMILES string of the molecule is CS[C@@H]1CCCC[C@H]1NC(=O)NCc1cccc(-n2cncn2)c1. The van der Waals surface area contributed by atoms with E-state index in [0.717, 1.165) is 17.7 Å². The summed E-state index contributed by atoms with van der Waals surface area (Å²) in [5.41, 5.74) is 1.96. The minimum atomic E-state index is -0.0906. The second-order valence-corrected chi connectivity index (χ2v) is 7.08. The number of carbonyl (C=O) groups excluding carboxylic acids is 1. The summed E-state index contributed by atoms with van der Waals surface area (Å²) in [6, 6.07) is 8.09. The summed E-state index contributed by atoms with van der Waals surface area (Å²) in [6.45, 7) is 0.491. The molecule has 0 spiro atoms. The quantitative estimate of drug-likeness (QED) is 0.874. The monoisotopic (exact) mass is 345 g/mol. The molecule has 2 atom stereocenters. The third-order valence-corrected chi connectivity index (χ3v) is 5.54. The number of hydrogen-bond acceptors (Lipinski definition) is 4. The van der Waals surface area contributed by atoms with Gasteiger partial charge in [0, 0.05) is 17.8 Å². The molecule has 128 valence electrons. The second kappa shape index (κ2) is 8.19. The van der Waals surface area contributed by atoms with Crippen LogP contribution in [0.5, 0.6) is 0 Å². The van der Waals surface area contributed by atoms with Crippen LogP contribution in [0.2, 0.25) is 0 Å². The van der Waals surface area contributed by atoms with Crippen LogP contribution in [0.1, 0.15) is 31.2 Å². The predicted octanol–water partition coefficient (Wildman–Crippen LogP) is 2.74. The molecule has 2 amide bonds. The van der Waals surface area contributed by atoms with E-state index in [9.17, 15) is 4.79 Å². The van der Waals surface area contributed by atoms with E-state index < -0.39 is 0 Å². The van der Waals surface area contributed by atoms with E-state index in [2.05, 4.69) is 27.0 Å². The lowest BCUT2D eigenvalue weighted by Crippen LogP contribution is -2.47. The molecule has 0 unspecified atom stereocenters. The van der Waals surface area contributed by atoms with E-state index in [1.807, 2.05) is 36.0 Å². The second-order valence-electron chi connectivity index (χ2n) is 6.00. The summed E-state index contributed by atoms with van der Waals surface area (Å²) >= 11 is 1.85. The number of rotatable bonds is 5. The molecule has 1 aliphatic rings. The van der Waals surface area contributed by atoms with Gasteiger partial charge in [0.1, 0.15) is 12.7 Å². The molecule has 1 aromatic heterocycles. The first-order valence-electron chi connectivity index (χ1n) is 8.27. The fourth-order valence-corrected chi connectivity index (χ4v) is 4.03. The maximum Gasteiger partial charge on any atom is 0.315 e. The molecule has 1 fully saturated rings. The lowest BCUT2D eigenvalue weighted by atomic mass is 9.95. The third kappa shape index (κ3) is 4.29. The Balaban J connectivity index is 1.53. The maximum atomic E-state index is 12.2. The number of nitrogens with zero attached hydrogens (tertiary/aromatic N) is 3. The number of benzene rings is 1. The van der Waals surface area contributed by atoms with E-state index in [-0.39, 0.29) is 12.1 Å². The summed E-state index contributed by atoms with van der Waals surface area (Å²) in [5.74, 6) is 0. The Hall–Kier alpha value is -2.02. The van der Waals surface area contributed by atoms with E-state index >= 15 is 0 Å². The van der Waals surface area contributed by atoms with Crippen LogP contribution in [0.3, 0.4) is 0 Å². The van der Waals surface area contributed by atoms with E-state index in [0.29, 0.717) is 11.8 Å². The molecule has 0 saturated heterocycles. The average molecular weight is 345 g/mol. The van der Waals surface area contributed by atoms with Crippen LogP contribution < -0.4 is 10.6 Å². The molecule has 1 aliphatic carbocycles. The molecule has 6 nitrogen and oxygen atoms in total. The summed E-state index contributed by atoms with van der Waals surface area (Å²) in [6.07, 6.45) is 10.0. The Bertz CT molecular complexity index is 661. The normalized spacial score (nSPS) is 20.5. The number of hydrogen-bond donors (Lipinski definition) is 2. The average Bonchev–Trinajstić information content (AvgIpc) is 3.15. The van der Waals surface area contributed by atoms with Gasteiger partial charge in [-0.1, -0.05) is 25.0 Å². The predicted molar refractivity (Wildman–Crippen MR) is 96.3 cm³/mol. The lowest BCUT2D eigenvalue weighted by molar-refractivity contribution is 0.233. The number of aromatic nitrogens is 3. The lowest BCUT2D eigenvalue weighted by Gasteiger charge is -2.30. The van der Waals surface area contributed by atoms with Gasteiger partial charge in [0.2, 0.25) is 0 Å². The molecule has 0 bridgehead atoms. The highest BCUT2D eigenvalue weighted by atomic mass is 32.2. The van der Waals surface area contributed by atoms with E-state index in [1.165, 1.54) is 25.6 Å². The van der Waals surface area contributed by atoms with Crippen LogP contribution in [0.25, 0.3) is 5.69 Å². The molecule has 1 heterocycles. The minimum absolute atomic E-state index is 0.0906. The van der Waals surface area contributed by atoms with Gasteiger partial charge in [-0.05, 0) is 36.8 Å². The number of carbonyl (C=O) groups is 1. The molecule has 0 aliphatic heterocycles. The Morgan fingerprint density at radius 2 is 2.25 bits per heavy atom. The maximum absolute atomic E-state index is 12.2. The molecule has 0 radical (unpaired) electrons. The molecule has 1 aromatic carbocycles. The highest BCUT2D eigenvalue weighted by molar-refractivity contribution is 7.99. The minimum Gasteiger partial charge on any atom is -0.334 e. The van der Waals surface area contributed by atoms with Gasteiger partial charge in [0.15, 0.2) is 0 Å². The van der Waals surface area contributed by atoms with Gasteiger partial charge in [0.25, 0.3) is 0 Å². The largest absolute Gasteiger partial charge is 0.334 e. The van der Waals surface area contributed by atoms with Crippen LogP contribution in [0.15, 0.2) is 36.9 Å². The number of thioether (sulfide) groups is 1. The standard InChI is InChI=1S/C17H23N5OS/c1-24-16-8-3-2-7-15(16)21-17(23)19-10-13-5-4-6-14(9-13)22-12-18-11-20-22/h4-6,9,11-12,15-16H,2-3,7-8,10H2,1H3,(H2,19,21,23)/t15-,16-/m1/s1. The van der Waals surface area contributed by atoms with Crippen molar-refractivity contribution in [3.8, 4) is 5.69 Å². The third-order valence-electron chi connectivity index (χ3n) is 4.37. The summed E-state index contributed by atoms with van der Waals surface area (Å²) in [4.78, 5) is 16.2. The van der Waals surface area contributed by atoms with Crippen molar-refractivity contribution in [2.75, 3.05) is 6.26 Å². The van der Waals surface area contributed by atoms with Crippen molar-refractivity contribution in [1.82, 2.24) is 25.4 Å². The van der Waals surface area contributed by atoms with Gasteiger partial charge in [-0.25, -0.2) is 14.5 Å². The van der Waals surface area contributed by atoms with Crippen molar-refractivity contribution in [2.45, 2.75) is 43.5 Å². The first kappa shape index (κ1) is 16.8. The summed E-state index contributed by atoms with van der Waals surface area (Å²) in [7, 11) is 0. The van der Waals surface area contributed by atoms with Gasteiger partial charge >= 0.3 is 6.03 Å². The van der Waals surface area contributed by atoms with Crippen molar-refractivity contribution < 1.29 is 4.79 Å². The van der Waals surface area contributed by atoms with Crippen molar-refractivity contribution in [3.05, 3.63) is 42.5 Å². The van der Waals surface area contributed by atoms with Crippen molar-refractivity contribution in [3.63, 3.8) is 0 Å². The molecular formula is C17H23N5OS. The first-order chi connectivity index (χ1) is 11.8. The smallest absolute Gasteiger partial charge is 0.315 e. The van der Waals surface area contributed by atoms with Crippen LogP contribution in [-0.4, -0.2) is 38.3 Å². The number of nitrogens with one attached hydrogen (secondary N) is 2. The zero-order valence-corrected chi connectivity index (χ0v) is 14.6. The van der Waals surface area contributed by atoms with Gasteiger partial charge < -0.3 is 10.6 Å². The zero-order chi connectivity index (χ0) is 16.8. The molecule has 2 N–H and O–H groups in total.